The van der Waals surface area contributed by atoms with Crippen LogP contribution in [0.3, 0.4) is 0 Å². The van der Waals surface area contributed by atoms with E-state index in [-0.39, 0.29) is 11.8 Å². The Bertz CT molecular complexity index is 1100. The summed E-state index contributed by atoms with van der Waals surface area (Å²) in [5, 5.41) is 5.74. The molecule has 8 heteroatoms. The van der Waals surface area contributed by atoms with Gasteiger partial charge in [0.25, 0.3) is 11.8 Å². The molecule has 0 unspecified atom stereocenters. The zero-order chi connectivity index (χ0) is 24.1. The highest BCUT2D eigenvalue weighted by Gasteiger charge is 2.25. The molecule has 1 aliphatic heterocycles. The molecule has 8 nitrogen and oxygen atoms in total. The van der Waals surface area contributed by atoms with Crippen molar-refractivity contribution < 1.29 is 23.9 Å². The van der Waals surface area contributed by atoms with Crippen LogP contribution in [0, 0.1) is 0 Å². The van der Waals surface area contributed by atoms with Crippen LogP contribution in [0.25, 0.3) is 6.08 Å². The van der Waals surface area contributed by atoms with E-state index < -0.39 is 5.91 Å². The molecule has 0 bridgehead atoms. The molecular weight excluding hydrogens is 434 g/mol. The summed E-state index contributed by atoms with van der Waals surface area (Å²) in [5.74, 6) is 0.208. The topological polar surface area (TPSA) is 97.0 Å². The first-order valence-electron chi connectivity index (χ1n) is 11.4. The van der Waals surface area contributed by atoms with Crippen LogP contribution in [0.4, 0.5) is 5.69 Å². The summed E-state index contributed by atoms with van der Waals surface area (Å²) in [4.78, 5) is 39.6. The van der Waals surface area contributed by atoms with Crippen molar-refractivity contribution in [3.05, 3.63) is 59.2 Å². The molecule has 0 aromatic heterocycles. The van der Waals surface area contributed by atoms with Gasteiger partial charge >= 0.3 is 0 Å². The smallest absolute Gasteiger partial charge is 0.256 e. The van der Waals surface area contributed by atoms with Gasteiger partial charge in [-0.25, -0.2) is 0 Å². The Balaban J connectivity index is 1.48. The van der Waals surface area contributed by atoms with E-state index in [2.05, 4.69) is 10.6 Å². The number of carbonyl (C=O) groups is 3. The number of hydrogen-bond donors (Lipinski definition) is 2. The Morgan fingerprint density at radius 2 is 1.62 bits per heavy atom. The number of rotatable bonds is 8. The first kappa shape index (κ1) is 23.4. The lowest BCUT2D eigenvalue weighted by Gasteiger charge is -2.19. The molecule has 1 aliphatic carbocycles. The first-order valence-corrected chi connectivity index (χ1v) is 11.4. The van der Waals surface area contributed by atoms with Crippen LogP contribution in [0.5, 0.6) is 11.5 Å². The summed E-state index contributed by atoms with van der Waals surface area (Å²) in [5.41, 5.74) is 2.08. The van der Waals surface area contributed by atoms with Gasteiger partial charge in [-0.05, 0) is 55.5 Å². The van der Waals surface area contributed by atoms with Crippen molar-refractivity contribution in [1.29, 1.82) is 0 Å². The quantitative estimate of drug-likeness (QED) is 0.584. The van der Waals surface area contributed by atoms with E-state index in [4.69, 9.17) is 9.47 Å². The standard InChI is InChI=1S/C26H29N3O5/c1-33-22-15-20(26(32)29-13-3-4-14-29)21(16-23(22)34-2)28-24(30)12-7-17-5-8-18(9-6-17)25(31)27-19-10-11-19/h5-9,12,15-16,19H,3-4,10-11,13-14H2,1-2H3,(H,27,31)(H,28,30)/b12-7+. The van der Waals surface area contributed by atoms with Gasteiger partial charge in [-0.15, -0.1) is 0 Å². The maximum atomic E-state index is 13.1. The van der Waals surface area contributed by atoms with E-state index in [0.717, 1.165) is 31.2 Å². The number of nitrogens with one attached hydrogen (secondary N) is 2. The number of ether oxygens (including phenoxy) is 2. The highest BCUT2D eigenvalue weighted by molar-refractivity contribution is 6.08. The molecule has 0 radical (unpaired) electrons. The average Bonchev–Trinajstić information content (AvgIpc) is 3.49. The van der Waals surface area contributed by atoms with Gasteiger partial charge in [0.05, 0.1) is 25.5 Å². The summed E-state index contributed by atoms with van der Waals surface area (Å²) in [6.07, 6.45) is 7.04. The fourth-order valence-electron chi connectivity index (χ4n) is 3.84. The lowest BCUT2D eigenvalue weighted by molar-refractivity contribution is -0.111. The van der Waals surface area contributed by atoms with Gasteiger partial charge < -0.3 is 25.0 Å². The number of nitrogens with zero attached hydrogens (tertiary/aromatic N) is 1. The average molecular weight is 464 g/mol. The number of likely N-dealkylation sites (tertiary alicyclic amines) is 1. The molecule has 4 rings (SSSR count). The number of methoxy groups -OCH3 is 2. The maximum absolute atomic E-state index is 13.1. The predicted molar refractivity (Wildman–Crippen MR) is 129 cm³/mol. The Labute approximate surface area is 198 Å². The van der Waals surface area contributed by atoms with E-state index in [1.807, 2.05) is 0 Å². The molecule has 2 aromatic rings. The minimum atomic E-state index is -0.391. The molecule has 2 fully saturated rings. The van der Waals surface area contributed by atoms with Gasteiger partial charge in [-0.1, -0.05) is 12.1 Å². The normalized spacial score (nSPS) is 15.3. The summed E-state index contributed by atoms with van der Waals surface area (Å²) >= 11 is 0. The molecule has 2 aliphatic rings. The van der Waals surface area contributed by atoms with Crippen molar-refractivity contribution in [3.63, 3.8) is 0 Å². The zero-order valence-corrected chi connectivity index (χ0v) is 19.4. The van der Waals surface area contributed by atoms with E-state index in [0.29, 0.717) is 47.4 Å². The van der Waals surface area contributed by atoms with Gasteiger partial charge in [0.1, 0.15) is 0 Å². The van der Waals surface area contributed by atoms with E-state index >= 15 is 0 Å². The second-order valence-corrected chi connectivity index (χ2v) is 8.44. The Morgan fingerprint density at radius 1 is 0.971 bits per heavy atom. The van der Waals surface area contributed by atoms with E-state index in [9.17, 15) is 14.4 Å². The number of hydrogen-bond acceptors (Lipinski definition) is 5. The SMILES string of the molecule is COc1cc(NC(=O)/C=C/c2ccc(C(=O)NC3CC3)cc2)c(C(=O)N2CCCC2)cc1OC. The second-order valence-electron chi connectivity index (χ2n) is 8.44. The minimum Gasteiger partial charge on any atom is -0.493 e. The molecule has 2 N–H and O–H groups in total. The van der Waals surface area contributed by atoms with Crippen LogP contribution >= 0.6 is 0 Å². The molecule has 1 saturated heterocycles. The third-order valence-electron chi connectivity index (χ3n) is 5.92. The van der Waals surface area contributed by atoms with Gasteiger partial charge in [-0.3, -0.25) is 14.4 Å². The molecule has 1 saturated carbocycles. The minimum absolute atomic E-state index is 0.0839. The summed E-state index contributed by atoms with van der Waals surface area (Å²) in [6, 6.07) is 10.5. The number of carbonyl (C=O) groups excluding carboxylic acids is 3. The van der Waals surface area contributed by atoms with Gasteiger partial charge in [-0.2, -0.15) is 0 Å². The highest BCUT2D eigenvalue weighted by atomic mass is 16.5. The van der Waals surface area contributed by atoms with Crippen LogP contribution in [0.1, 0.15) is 52.0 Å². The van der Waals surface area contributed by atoms with Crippen LogP contribution in [-0.4, -0.2) is 56.0 Å². The number of benzene rings is 2. The van der Waals surface area contributed by atoms with Crippen LogP contribution in [-0.2, 0) is 4.79 Å². The van der Waals surface area contributed by atoms with E-state index in [1.165, 1.54) is 20.3 Å². The first-order chi connectivity index (χ1) is 16.5. The third-order valence-corrected chi connectivity index (χ3v) is 5.92. The largest absolute Gasteiger partial charge is 0.493 e. The molecule has 1 heterocycles. The van der Waals surface area contributed by atoms with Crippen molar-refractivity contribution >= 4 is 29.5 Å². The zero-order valence-electron chi connectivity index (χ0n) is 19.4. The molecule has 0 spiro atoms. The lowest BCUT2D eigenvalue weighted by Crippen LogP contribution is -2.28. The maximum Gasteiger partial charge on any atom is 0.256 e. The van der Waals surface area contributed by atoms with Crippen molar-refractivity contribution in [2.75, 3.05) is 32.6 Å². The summed E-state index contributed by atoms with van der Waals surface area (Å²) < 4.78 is 10.7. The molecule has 34 heavy (non-hydrogen) atoms. The summed E-state index contributed by atoms with van der Waals surface area (Å²) in [7, 11) is 3.00. The van der Waals surface area contributed by atoms with Crippen LogP contribution < -0.4 is 20.1 Å². The van der Waals surface area contributed by atoms with Crippen molar-refractivity contribution in [2.45, 2.75) is 31.7 Å². The highest BCUT2D eigenvalue weighted by Crippen LogP contribution is 2.34. The third kappa shape index (κ3) is 5.57. The Hall–Kier alpha value is -3.81. The molecule has 2 aromatic carbocycles. The Kier molecular flexibility index (Phi) is 7.15. The fourth-order valence-corrected chi connectivity index (χ4v) is 3.84. The Morgan fingerprint density at radius 3 is 2.24 bits per heavy atom. The monoisotopic (exact) mass is 463 g/mol. The molecule has 3 amide bonds. The molecular formula is C26H29N3O5. The van der Waals surface area contributed by atoms with Crippen molar-refractivity contribution in [2.24, 2.45) is 0 Å². The number of anilines is 1. The van der Waals surface area contributed by atoms with E-state index in [1.54, 1.807) is 47.4 Å². The fraction of sp³-hybridized carbons (Fsp3) is 0.346. The number of amides is 3. The molecule has 178 valence electrons. The van der Waals surface area contributed by atoms with Gasteiger partial charge in [0.15, 0.2) is 11.5 Å². The lowest BCUT2D eigenvalue weighted by atomic mass is 10.1. The molecule has 0 atom stereocenters. The van der Waals surface area contributed by atoms with Crippen LogP contribution in [0.15, 0.2) is 42.5 Å². The van der Waals surface area contributed by atoms with Crippen molar-refractivity contribution in [3.8, 4) is 11.5 Å². The van der Waals surface area contributed by atoms with Gasteiger partial charge in [0.2, 0.25) is 5.91 Å². The second kappa shape index (κ2) is 10.4. The predicted octanol–water partition coefficient (Wildman–Crippen LogP) is 3.48. The van der Waals surface area contributed by atoms with Crippen LogP contribution in [0.2, 0.25) is 0 Å². The van der Waals surface area contributed by atoms with Gasteiger partial charge in [0, 0.05) is 36.8 Å². The van der Waals surface area contributed by atoms with Crippen molar-refractivity contribution in [1.82, 2.24) is 10.2 Å². The summed E-state index contributed by atoms with van der Waals surface area (Å²) in [6.45, 7) is 1.38.